The number of aliphatic hydroxyl groups is 1. The Morgan fingerprint density at radius 1 is 1.15 bits per heavy atom. The van der Waals surface area contributed by atoms with Crippen molar-refractivity contribution in [2.24, 2.45) is 0 Å². The summed E-state index contributed by atoms with van der Waals surface area (Å²) in [6.45, 7) is 1.94. The van der Waals surface area contributed by atoms with Crippen molar-refractivity contribution < 1.29 is 5.11 Å². The quantitative estimate of drug-likeness (QED) is 0.889. The van der Waals surface area contributed by atoms with E-state index >= 15 is 0 Å². The van der Waals surface area contributed by atoms with Crippen molar-refractivity contribution >= 4 is 11.8 Å². The van der Waals surface area contributed by atoms with E-state index in [1.807, 2.05) is 24.3 Å². The molecule has 1 saturated heterocycles. The van der Waals surface area contributed by atoms with Gasteiger partial charge in [0.1, 0.15) is 5.82 Å². The molecule has 5 heteroatoms. The number of benzene rings is 1. The van der Waals surface area contributed by atoms with Gasteiger partial charge in [0.15, 0.2) is 0 Å². The molecule has 0 bridgehead atoms. The highest BCUT2D eigenvalue weighted by Gasteiger charge is 2.17. The fourth-order valence-electron chi connectivity index (χ4n) is 2.56. The predicted octanol–water partition coefficient (Wildman–Crippen LogP) is 1.82. The highest BCUT2D eigenvalue weighted by Crippen LogP contribution is 2.26. The van der Waals surface area contributed by atoms with E-state index in [1.165, 1.54) is 12.8 Å². The van der Waals surface area contributed by atoms with E-state index in [-0.39, 0.29) is 6.61 Å². The Morgan fingerprint density at radius 3 is 2.65 bits per heavy atom. The summed E-state index contributed by atoms with van der Waals surface area (Å²) < 4.78 is 0. The molecule has 1 aliphatic heterocycles. The lowest BCUT2D eigenvalue weighted by Gasteiger charge is -2.17. The molecule has 0 aliphatic carbocycles. The molecule has 1 fully saturated rings. The van der Waals surface area contributed by atoms with Crippen LogP contribution in [0.3, 0.4) is 0 Å². The zero-order valence-electron chi connectivity index (χ0n) is 11.3. The van der Waals surface area contributed by atoms with Crippen LogP contribution in [0.4, 0.5) is 11.8 Å². The predicted molar refractivity (Wildman–Crippen MR) is 79.3 cm³/mol. The second-order valence-corrected chi connectivity index (χ2v) is 4.99. The first-order chi connectivity index (χ1) is 9.78. The number of nitrogen functional groups attached to an aromatic ring is 1. The smallest absolute Gasteiger partial charge is 0.227 e. The van der Waals surface area contributed by atoms with Crippen molar-refractivity contribution in [3.05, 3.63) is 35.9 Å². The van der Waals surface area contributed by atoms with Gasteiger partial charge in [0.2, 0.25) is 5.95 Å². The molecule has 3 rings (SSSR count). The lowest BCUT2D eigenvalue weighted by molar-refractivity contribution is 0.282. The molecular weight excluding hydrogens is 252 g/mol. The van der Waals surface area contributed by atoms with E-state index in [4.69, 9.17) is 5.73 Å². The van der Waals surface area contributed by atoms with E-state index < -0.39 is 0 Å². The number of hydrogen-bond donors (Lipinski definition) is 2. The molecule has 0 amide bonds. The summed E-state index contributed by atoms with van der Waals surface area (Å²) in [6.07, 6.45) is 2.33. The Labute approximate surface area is 118 Å². The second-order valence-electron chi connectivity index (χ2n) is 4.99. The zero-order valence-corrected chi connectivity index (χ0v) is 11.3. The number of aromatic nitrogens is 2. The Bertz CT molecular complexity index is 609. The SMILES string of the molecule is Nc1cc(-c2ccccc2CO)nc(N2CCCC2)n1. The van der Waals surface area contributed by atoms with Gasteiger partial charge in [-0.05, 0) is 18.4 Å². The Hall–Kier alpha value is -2.14. The molecule has 1 aliphatic rings. The van der Waals surface area contributed by atoms with Gasteiger partial charge >= 0.3 is 0 Å². The van der Waals surface area contributed by atoms with Crippen LogP contribution in [0.5, 0.6) is 0 Å². The maximum Gasteiger partial charge on any atom is 0.227 e. The maximum atomic E-state index is 9.44. The number of nitrogens with two attached hydrogens (primary N) is 1. The Morgan fingerprint density at radius 2 is 1.90 bits per heavy atom. The fourth-order valence-corrected chi connectivity index (χ4v) is 2.56. The molecule has 0 unspecified atom stereocenters. The van der Waals surface area contributed by atoms with Crippen LogP contribution in [0.25, 0.3) is 11.3 Å². The molecule has 0 spiro atoms. The third kappa shape index (κ3) is 2.44. The van der Waals surface area contributed by atoms with Gasteiger partial charge in [-0.3, -0.25) is 0 Å². The third-order valence-corrected chi connectivity index (χ3v) is 3.59. The van der Waals surface area contributed by atoms with Crippen molar-refractivity contribution in [1.82, 2.24) is 9.97 Å². The summed E-state index contributed by atoms with van der Waals surface area (Å²) >= 11 is 0. The largest absolute Gasteiger partial charge is 0.392 e. The van der Waals surface area contributed by atoms with Gasteiger partial charge in [0.25, 0.3) is 0 Å². The number of anilines is 2. The molecule has 0 saturated carbocycles. The van der Waals surface area contributed by atoms with Crippen molar-refractivity contribution in [2.45, 2.75) is 19.4 Å². The molecule has 104 valence electrons. The summed E-state index contributed by atoms with van der Waals surface area (Å²) in [4.78, 5) is 11.1. The van der Waals surface area contributed by atoms with Crippen LogP contribution >= 0.6 is 0 Å². The molecular formula is C15H18N4O. The van der Waals surface area contributed by atoms with Crippen molar-refractivity contribution in [3.8, 4) is 11.3 Å². The molecule has 20 heavy (non-hydrogen) atoms. The van der Waals surface area contributed by atoms with Gasteiger partial charge in [-0.2, -0.15) is 4.98 Å². The zero-order chi connectivity index (χ0) is 13.9. The number of aliphatic hydroxyl groups excluding tert-OH is 1. The van der Waals surface area contributed by atoms with Crippen molar-refractivity contribution in [2.75, 3.05) is 23.7 Å². The molecule has 1 aromatic heterocycles. The van der Waals surface area contributed by atoms with Crippen molar-refractivity contribution in [3.63, 3.8) is 0 Å². The van der Waals surface area contributed by atoms with Gasteiger partial charge in [0, 0.05) is 24.7 Å². The summed E-state index contributed by atoms with van der Waals surface area (Å²) in [5.74, 6) is 1.15. The first kappa shape index (κ1) is 12.9. The molecule has 0 radical (unpaired) electrons. The molecule has 1 aromatic carbocycles. The van der Waals surface area contributed by atoms with E-state index in [2.05, 4.69) is 14.9 Å². The van der Waals surface area contributed by atoms with Crippen LogP contribution in [0.2, 0.25) is 0 Å². The minimum Gasteiger partial charge on any atom is -0.392 e. The molecule has 2 aromatic rings. The first-order valence-corrected chi connectivity index (χ1v) is 6.86. The topological polar surface area (TPSA) is 75.3 Å². The van der Waals surface area contributed by atoms with E-state index in [0.29, 0.717) is 11.8 Å². The van der Waals surface area contributed by atoms with Crippen LogP contribution in [-0.4, -0.2) is 28.2 Å². The average molecular weight is 270 g/mol. The monoisotopic (exact) mass is 270 g/mol. The van der Waals surface area contributed by atoms with E-state index in [1.54, 1.807) is 6.07 Å². The summed E-state index contributed by atoms with van der Waals surface area (Å²) in [6, 6.07) is 9.43. The Kier molecular flexibility index (Phi) is 3.52. The highest BCUT2D eigenvalue weighted by atomic mass is 16.3. The van der Waals surface area contributed by atoms with Crippen molar-refractivity contribution in [1.29, 1.82) is 0 Å². The number of nitrogens with zero attached hydrogens (tertiary/aromatic N) is 3. The van der Waals surface area contributed by atoms with Gasteiger partial charge in [0.05, 0.1) is 12.3 Å². The molecule has 0 atom stereocenters. The number of hydrogen-bond acceptors (Lipinski definition) is 5. The second kappa shape index (κ2) is 5.46. The van der Waals surface area contributed by atoms with Crippen LogP contribution < -0.4 is 10.6 Å². The van der Waals surface area contributed by atoms with Crippen LogP contribution in [0, 0.1) is 0 Å². The first-order valence-electron chi connectivity index (χ1n) is 6.86. The highest BCUT2D eigenvalue weighted by molar-refractivity contribution is 5.67. The van der Waals surface area contributed by atoms with Gasteiger partial charge in [-0.25, -0.2) is 4.98 Å². The van der Waals surface area contributed by atoms with E-state index in [0.717, 1.165) is 29.9 Å². The van der Waals surface area contributed by atoms with Gasteiger partial charge in [-0.15, -0.1) is 0 Å². The lowest BCUT2D eigenvalue weighted by Crippen LogP contribution is -2.21. The Balaban J connectivity index is 2.04. The molecule has 5 nitrogen and oxygen atoms in total. The van der Waals surface area contributed by atoms with E-state index in [9.17, 15) is 5.11 Å². The van der Waals surface area contributed by atoms with Gasteiger partial charge < -0.3 is 15.7 Å². The summed E-state index contributed by atoms with van der Waals surface area (Å²) in [7, 11) is 0. The molecule has 3 N–H and O–H groups in total. The normalized spacial score (nSPS) is 14.8. The summed E-state index contributed by atoms with van der Waals surface area (Å²) in [5.41, 5.74) is 8.44. The minimum atomic E-state index is -0.0148. The third-order valence-electron chi connectivity index (χ3n) is 3.59. The standard InChI is InChI=1S/C15H18N4O/c16-14-9-13(12-6-2-1-5-11(12)10-20)17-15(18-14)19-7-3-4-8-19/h1-2,5-6,9,20H,3-4,7-8,10H2,(H2,16,17,18). The lowest BCUT2D eigenvalue weighted by atomic mass is 10.0. The molecule has 2 heterocycles. The number of rotatable bonds is 3. The summed E-state index contributed by atoms with van der Waals surface area (Å²) in [5, 5.41) is 9.44. The minimum absolute atomic E-state index is 0.0148. The van der Waals surface area contributed by atoms with Crippen LogP contribution in [0.1, 0.15) is 18.4 Å². The van der Waals surface area contributed by atoms with Crippen LogP contribution in [-0.2, 0) is 6.61 Å². The van der Waals surface area contributed by atoms with Crippen LogP contribution in [0.15, 0.2) is 30.3 Å². The average Bonchev–Trinajstić information content (AvgIpc) is 3.01. The van der Waals surface area contributed by atoms with Gasteiger partial charge in [-0.1, -0.05) is 24.3 Å². The maximum absolute atomic E-state index is 9.44. The fraction of sp³-hybridized carbons (Fsp3) is 0.333.